The van der Waals surface area contributed by atoms with Crippen LogP contribution in [0.3, 0.4) is 0 Å². The number of halogens is 2. The molecule has 2 aromatic heterocycles. The second kappa shape index (κ2) is 6.97. The summed E-state index contributed by atoms with van der Waals surface area (Å²) < 4.78 is 27.7. The predicted octanol–water partition coefficient (Wildman–Crippen LogP) is 4.31. The minimum Gasteiger partial charge on any atom is -0.382 e. The van der Waals surface area contributed by atoms with Crippen molar-refractivity contribution in [3.05, 3.63) is 64.8 Å². The maximum Gasteiger partial charge on any atom is 0.263 e. The van der Waals surface area contributed by atoms with Crippen molar-refractivity contribution in [2.75, 3.05) is 10.5 Å². The highest BCUT2D eigenvalue weighted by molar-refractivity contribution is 7.92. The number of nitrogens with zero attached hydrogens (tertiary/aromatic N) is 2. The zero-order chi connectivity index (χ0) is 19.9. The lowest BCUT2D eigenvalue weighted by Crippen LogP contribution is -2.13. The van der Waals surface area contributed by atoms with Gasteiger partial charge in [-0.2, -0.15) is 5.10 Å². The smallest absolute Gasteiger partial charge is 0.263 e. The molecule has 0 saturated heterocycles. The molecule has 0 aliphatic heterocycles. The quantitative estimate of drug-likeness (QED) is 0.443. The number of nitrogen functional groups attached to an aromatic ring is 1. The molecule has 4 rings (SSSR count). The van der Waals surface area contributed by atoms with E-state index in [1.807, 2.05) is 0 Å². The Hall–Kier alpha value is -2.81. The molecule has 4 aromatic rings. The molecular weight excluding hydrogens is 421 g/mol. The lowest BCUT2D eigenvalue weighted by molar-refractivity contribution is 0.601. The van der Waals surface area contributed by atoms with Crippen LogP contribution < -0.4 is 10.5 Å². The molecule has 0 unspecified atom stereocenters. The van der Waals surface area contributed by atoms with Gasteiger partial charge in [-0.3, -0.25) is 14.8 Å². The average Bonchev–Trinajstić information content (AvgIpc) is 3.05. The first kappa shape index (κ1) is 18.5. The van der Waals surface area contributed by atoms with Crippen LogP contribution in [0, 0.1) is 0 Å². The molecular formula is C18H13Cl2N5O2S. The van der Waals surface area contributed by atoms with Gasteiger partial charge in [0.25, 0.3) is 10.0 Å². The van der Waals surface area contributed by atoms with Crippen LogP contribution >= 0.6 is 23.2 Å². The highest BCUT2D eigenvalue weighted by Gasteiger charge is 2.20. The summed E-state index contributed by atoms with van der Waals surface area (Å²) in [5, 5.41) is 7.68. The van der Waals surface area contributed by atoms with Crippen LogP contribution in [0.5, 0.6) is 0 Å². The Morgan fingerprint density at radius 3 is 2.54 bits per heavy atom. The van der Waals surface area contributed by atoms with Crippen LogP contribution in [-0.4, -0.2) is 23.6 Å². The summed E-state index contributed by atoms with van der Waals surface area (Å²) in [4.78, 5) is 4.28. The molecule has 0 saturated carbocycles. The minimum atomic E-state index is -3.89. The van der Waals surface area contributed by atoms with E-state index in [4.69, 9.17) is 28.9 Å². The largest absolute Gasteiger partial charge is 0.382 e. The maximum absolute atomic E-state index is 12.6. The zero-order valence-corrected chi connectivity index (χ0v) is 16.5. The first-order valence-corrected chi connectivity index (χ1v) is 10.3. The fraction of sp³-hybridized carbons (Fsp3) is 0. The average molecular weight is 434 g/mol. The van der Waals surface area contributed by atoms with Crippen molar-refractivity contribution < 1.29 is 8.42 Å². The van der Waals surface area contributed by atoms with Gasteiger partial charge in [0.1, 0.15) is 4.90 Å². The van der Waals surface area contributed by atoms with Gasteiger partial charge < -0.3 is 5.73 Å². The third kappa shape index (κ3) is 3.26. The second-order valence-electron chi connectivity index (χ2n) is 5.93. The van der Waals surface area contributed by atoms with E-state index in [-0.39, 0.29) is 14.9 Å². The number of aromatic amines is 1. The highest BCUT2D eigenvalue weighted by Crippen LogP contribution is 2.32. The predicted molar refractivity (Wildman–Crippen MR) is 111 cm³/mol. The first-order valence-electron chi connectivity index (χ1n) is 8.02. The number of rotatable bonds is 4. The lowest BCUT2D eigenvalue weighted by Gasteiger charge is -2.11. The molecule has 0 spiro atoms. The number of hydrogen-bond donors (Lipinski definition) is 3. The minimum absolute atomic E-state index is 0.0282. The van der Waals surface area contributed by atoms with E-state index in [0.717, 1.165) is 11.1 Å². The molecule has 0 aliphatic carbocycles. The van der Waals surface area contributed by atoms with Gasteiger partial charge in [-0.15, -0.1) is 0 Å². The Bertz CT molecular complexity index is 1290. The molecule has 4 N–H and O–H groups in total. The van der Waals surface area contributed by atoms with Gasteiger partial charge in [0, 0.05) is 17.4 Å². The molecule has 10 heteroatoms. The molecule has 2 heterocycles. The van der Waals surface area contributed by atoms with Gasteiger partial charge >= 0.3 is 0 Å². The van der Waals surface area contributed by atoms with E-state index in [1.54, 1.807) is 36.5 Å². The number of H-pyrrole nitrogens is 1. The fourth-order valence-electron chi connectivity index (χ4n) is 2.81. The molecule has 0 atom stereocenters. The molecule has 28 heavy (non-hydrogen) atoms. The van der Waals surface area contributed by atoms with Gasteiger partial charge in [-0.1, -0.05) is 41.4 Å². The number of nitrogens with two attached hydrogens (primary N) is 1. The second-order valence-corrected chi connectivity index (χ2v) is 8.36. The Labute approximate surface area is 170 Å². The standard InChI is InChI=1S/C18H13Cl2N5O2S/c19-12-2-1-3-14(16(12)20)28(26,27)25-11-6-4-10(5-7-11)17-15-13(8-9-22-17)23-24-18(15)21/h1-9,25H,(H3,21,23,24). The Balaban J connectivity index is 1.67. The van der Waals surface area contributed by atoms with Crippen LogP contribution in [0.15, 0.2) is 59.6 Å². The Morgan fingerprint density at radius 1 is 1.04 bits per heavy atom. The van der Waals surface area contributed by atoms with Gasteiger partial charge in [-0.25, -0.2) is 8.42 Å². The van der Waals surface area contributed by atoms with Crippen LogP contribution in [0.4, 0.5) is 11.5 Å². The Morgan fingerprint density at radius 2 is 1.79 bits per heavy atom. The number of benzene rings is 2. The highest BCUT2D eigenvalue weighted by atomic mass is 35.5. The molecule has 0 bridgehead atoms. The molecule has 0 amide bonds. The van der Waals surface area contributed by atoms with Crippen molar-refractivity contribution in [3.8, 4) is 11.3 Å². The summed E-state index contributed by atoms with van der Waals surface area (Å²) in [6, 6.07) is 12.9. The molecule has 0 radical (unpaired) electrons. The third-order valence-electron chi connectivity index (χ3n) is 4.12. The normalized spacial score (nSPS) is 11.6. The topological polar surface area (TPSA) is 114 Å². The van der Waals surface area contributed by atoms with Crippen LogP contribution in [0.25, 0.3) is 22.2 Å². The van der Waals surface area contributed by atoms with Crippen molar-refractivity contribution in [1.82, 2.24) is 15.2 Å². The van der Waals surface area contributed by atoms with E-state index in [2.05, 4.69) is 19.9 Å². The first-order chi connectivity index (χ1) is 13.4. The van der Waals surface area contributed by atoms with Gasteiger partial charge in [0.2, 0.25) is 0 Å². The summed E-state index contributed by atoms with van der Waals surface area (Å²) in [6.07, 6.45) is 1.65. The molecule has 0 fully saturated rings. The van der Waals surface area contributed by atoms with Gasteiger partial charge in [0.15, 0.2) is 5.82 Å². The van der Waals surface area contributed by atoms with E-state index < -0.39 is 10.0 Å². The number of pyridine rings is 1. The van der Waals surface area contributed by atoms with Crippen molar-refractivity contribution in [1.29, 1.82) is 0 Å². The maximum atomic E-state index is 12.6. The van der Waals surface area contributed by atoms with Gasteiger partial charge in [0.05, 0.1) is 26.6 Å². The van der Waals surface area contributed by atoms with E-state index in [0.29, 0.717) is 22.6 Å². The fourth-order valence-corrected chi connectivity index (χ4v) is 4.63. The number of hydrogen-bond acceptors (Lipinski definition) is 5. The summed E-state index contributed by atoms with van der Waals surface area (Å²) in [5.41, 5.74) is 8.47. The molecule has 7 nitrogen and oxygen atoms in total. The summed E-state index contributed by atoms with van der Waals surface area (Å²) >= 11 is 11.9. The number of aromatic nitrogens is 3. The van der Waals surface area contributed by atoms with Crippen molar-refractivity contribution in [2.24, 2.45) is 0 Å². The summed E-state index contributed by atoms with van der Waals surface area (Å²) in [7, 11) is -3.89. The summed E-state index contributed by atoms with van der Waals surface area (Å²) in [6.45, 7) is 0. The molecule has 0 aliphatic rings. The van der Waals surface area contributed by atoms with Crippen molar-refractivity contribution in [3.63, 3.8) is 0 Å². The monoisotopic (exact) mass is 433 g/mol. The molecule has 142 valence electrons. The van der Waals surface area contributed by atoms with Crippen LogP contribution in [0.2, 0.25) is 10.0 Å². The van der Waals surface area contributed by atoms with E-state index in [9.17, 15) is 8.42 Å². The number of sulfonamides is 1. The number of anilines is 2. The van der Waals surface area contributed by atoms with E-state index >= 15 is 0 Å². The van der Waals surface area contributed by atoms with Crippen LogP contribution in [0.1, 0.15) is 0 Å². The van der Waals surface area contributed by atoms with Crippen molar-refractivity contribution >= 4 is 55.6 Å². The van der Waals surface area contributed by atoms with Crippen molar-refractivity contribution in [2.45, 2.75) is 4.90 Å². The third-order valence-corrected chi connectivity index (χ3v) is 6.47. The van der Waals surface area contributed by atoms with Gasteiger partial charge in [-0.05, 0) is 30.3 Å². The molecule has 2 aromatic carbocycles. The summed E-state index contributed by atoms with van der Waals surface area (Å²) in [5.74, 6) is 0.346. The number of nitrogens with one attached hydrogen (secondary N) is 2. The Kier molecular flexibility index (Phi) is 4.62. The van der Waals surface area contributed by atoms with E-state index in [1.165, 1.54) is 18.2 Å². The SMILES string of the molecule is Nc1n[nH]c2ccnc(-c3ccc(NS(=O)(=O)c4cccc(Cl)c4Cl)cc3)c12. The lowest BCUT2D eigenvalue weighted by atomic mass is 10.1. The number of fused-ring (bicyclic) bond motifs is 1. The van der Waals surface area contributed by atoms with Crippen LogP contribution in [-0.2, 0) is 10.0 Å². The zero-order valence-electron chi connectivity index (χ0n) is 14.1.